The van der Waals surface area contributed by atoms with E-state index in [1.165, 1.54) is 19.4 Å². The highest BCUT2D eigenvalue weighted by Gasteiger charge is 2.19. The maximum Gasteiger partial charge on any atom is 0.251 e. The Morgan fingerprint density at radius 2 is 1.81 bits per heavy atom. The highest BCUT2D eigenvalue weighted by molar-refractivity contribution is 7.90. The van der Waals surface area contributed by atoms with Crippen molar-refractivity contribution in [3.63, 3.8) is 0 Å². The number of nitrogens with one attached hydrogen (secondary N) is 1. The van der Waals surface area contributed by atoms with Crippen molar-refractivity contribution in [3.8, 4) is 17.0 Å². The van der Waals surface area contributed by atoms with Crippen molar-refractivity contribution in [1.82, 2.24) is 10.3 Å². The van der Waals surface area contributed by atoms with E-state index in [1.54, 1.807) is 24.3 Å². The summed E-state index contributed by atoms with van der Waals surface area (Å²) in [6.45, 7) is 1.61. The third-order valence-corrected chi connectivity index (χ3v) is 5.93. The molecule has 2 aromatic carbocycles. The van der Waals surface area contributed by atoms with E-state index in [0.717, 1.165) is 17.4 Å². The predicted octanol–water partition coefficient (Wildman–Crippen LogP) is 2.93. The van der Waals surface area contributed by atoms with Crippen molar-refractivity contribution >= 4 is 15.7 Å². The first-order valence-electron chi connectivity index (χ1n) is 9.55. The smallest absolute Gasteiger partial charge is 0.251 e. The molecule has 1 amide bonds. The van der Waals surface area contributed by atoms with Crippen molar-refractivity contribution in [3.05, 3.63) is 77.5 Å². The molecule has 7 nitrogen and oxygen atoms in total. The number of nitrogens with zero attached hydrogens (tertiary/aromatic N) is 1. The van der Waals surface area contributed by atoms with Crippen LogP contribution in [0.3, 0.4) is 0 Å². The van der Waals surface area contributed by atoms with Crippen LogP contribution in [0.1, 0.15) is 27.5 Å². The summed E-state index contributed by atoms with van der Waals surface area (Å²) in [5, 5.41) is 12.5. The number of aryl methyl sites for hydroxylation is 1. The second-order valence-corrected chi connectivity index (χ2v) is 9.24. The van der Waals surface area contributed by atoms with Gasteiger partial charge in [0.05, 0.1) is 24.7 Å². The standard InChI is InChI=1S/C23H24N2O5S/c1-15-4-6-16(7-5-15)18-10-19(12-20(11-18)31(3,28)29)23(27)25-21(14-26)17-8-9-22(30-2)24-13-17/h4-13,21,26H,14H2,1-3H3,(H,25,27). The van der Waals surface area contributed by atoms with Gasteiger partial charge in [0.25, 0.3) is 5.91 Å². The first-order chi connectivity index (χ1) is 14.7. The molecule has 0 radical (unpaired) electrons. The molecule has 1 unspecified atom stereocenters. The molecule has 0 aliphatic carbocycles. The highest BCUT2D eigenvalue weighted by Crippen LogP contribution is 2.26. The maximum atomic E-state index is 13.0. The first-order valence-corrected chi connectivity index (χ1v) is 11.4. The lowest BCUT2D eigenvalue weighted by molar-refractivity contribution is 0.0916. The molecule has 8 heteroatoms. The molecule has 1 atom stereocenters. The fourth-order valence-electron chi connectivity index (χ4n) is 3.05. The zero-order valence-corrected chi connectivity index (χ0v) is 18.3. The molecule has 1 aromatic heterocycles. The van der Waals surface area contributed by atoms with Crippen LogP contribution in [-0.4, -0.2) is 44.4 Å². The minimum Gasteiger partial charge on any atom is -0.481 e. The number of benzene rings is 2. The minimum absolute atomic E-state index is 0.0439. The lowest BCUT2D eigenvalue weighted by Crippen LogP contribution is -2.31. The number of hydrogen-bond acceptors (Lipinski definition) is 6. The normalized spacial score (nSPS) is 12.3. The van der Waals surface area contributed by atoms with Crippen molar-refractivity contribution in [2.24, 2.45) is 0 Å². The fraction of sp³-hybridized carbons (Fsp3) is 0.217. The molecule has 162 valence electrons. The molecular weight excluding hydrogens is 416 g/mol. The molecular formula is C23H24N2O5S. The third kappa shape index (κ3) is 5.48. The Bertz CT molecular complexity index is 1170. The van der Waals surface area contributed by atoms with Crippen LogP contribution < -0.4 is 10.1 Å². The van der Waals surface area contributed by atoms with E-state index in [1.807, 2.05) is 31.2 Å². The molecule has 0 saturated heterocycles. The zero-order chi connectivity index (χ0) is 22.6. The summed E-state index contributed by atoms with van der Waals surface area (Å²) >= 11 is 0. The molecule has 0 bridgehead atoms. The Morgan fingerprint density at radius 3 is 2.35 bits per heavy atom. The van der Waals surface area contributed by atoms with E-state index in [9.17, 15) is 18.3 Å². The summed E-state index contributed by atoms with van der Waals surface area (Å²) in [7, 11) is -2.05. The Hall–Kier alpha value is -3.23. The largest absolute Gasteiger partial charge is 0.481 e. The molecule has 3 rings (SSSR count). The van der Waals surface area contributed by atoms with E-state index >= 15 is 0 Å². The molecule has 0 fully saturated rings. The molecule has 1 heterocycles. The Labute approximate surface area is 181 Å². The number of aromatic nitrogens is 1. The third-order valence-electron chi connectivity index (χ3n) is 4.84. The summed E-state index contributed by atoms with van der Waals surface area (Å²) in [5.41, 5.74) is 3.25. The van der Waals surface area contributed by atoms with Crippen molar-refractivity contribution < 1.29 is 23.1 Å². The fourth-order valence-corrected chi connectivity index (χ4v) is 3.73. The Balaban J connectivity index is 1.96. The van der Waals surface area contributed by atoms with Gasteiger partial charge >= 0.3 is 0 Å². The van der Waals surface area contributed by atoms with Gasteiger partial charge in [0.1, 0.15) is 0 Å². The number of pyridine rings is 1. The minimum atomic E-state index is -3.54. The first kappa shape index (κ1) is 22.5. The van der Waals surface area contributed by atoms with Crippen LogP contribution in [0.4, 0.5) is 0 Å². The topological polar surface area (TPSA) is 106 Å². The summed E-state index contributed by atoms with van der Waals surface area (Å²) in [6.07, 6.45) is 2.60. The van der Waals surface area contributed by atoms with Crippen molar-refractivity contribution in [1.29, 1.82) is 0 Å². The average Bonchev–Trinajstić information content (AvgIpc) is 2.77. The summed E-state index contributed by atoms with van der Waals surface area (Å²) < 4.78 is 29.5. The number of methoxy groups -OCH3 is 1. The second-order valence-electron chi connectivity index (χ2n) is 7.23. The van der Waals surface area contributed by atoms with Crippen molar-refractivity contribution in [2.45, 2.75) is 17.9 Å². The van der Waals surface area contributed by atoms with Gasteiger partial charge in [-0.3, -0.25) is 4.79 Å². The summed E-state index contributed by atoms with van der Waals surface area (Å²) in [4.78, 5) is 17.1. The zero-order valence-electron chi connectivity index (χ0n) is 17.5. The van der Waals surface area contributed by atoms with E-state index in [2.05, 4.69) is 10.3 Å². The molecule has 3 aromatic rings. The predicted molar refractivity (Wildman–Crippen MR) is 118 cm³/mol. The van der Waals surface area contributed by atoms with E-state index < -0.39 is 21.8 Å². The van der Waals surface area contributed by atoms with Gasteiger partial charge in [-0.2, -0.15) is 0 Å². The van der Waals surface area contributed by atoms with E-state index in [4.69, 9.17) is 4.74 Å². The number of aliphatic hydroxyl groups is 1. The van der Waals surface area contributed by atoms with Gasteiger partial charge in [0, 0.05) is 24.1 Å². The molecule has 31 heavy (non-hydrogen) atoms. The van der Waals surface area contributed by atoms with Gasteiger partial charge in [-0.1, -0.05) is 29.8 Å². The van der Waals surface area contributed by atoms with E-state index in [0.29, 0.717) is 17.0 Å². The molecule has 0 aliphatic heterocycles. The number of ether oxygens (including phenoxy) is 1. The van der Waals surface area contributed by atoms with Crippen LogP contribution in [0.25, 0.3) is 11.1 Å². The molecule has 2 N–H and O–H groups in total. The van der Waals surface area contributed by atoms with Crippen LogP contribution in [-0.2, 0) is 9.84 Å². The van der Waals surface area contributed by atoms with E-state index in [-0.39, 0.29) is 17.1 Å². The van der Waals surface area contributed by atoms with Gasteiger partial charge in [-0.25, -0.2) is 13.4 Å². The lowest BCUT2D eigenvalue weighted by Gasteiger charge is -2.17. The molecule has 0 spiro atoms. The van der Waals surface area contributed by atoms with Crippen LogP contribution >= 0.6 is 0 Å². The maximum absolute atomic E-state index is 13.0. The Morgan fingerprint density at radius 1 is 1.10 bits per heavy atom. The number of rotatable bonds is 7. The second kappa shape index (κ2) is 9.28. The quantitative estimate of drug-likeness (QED) is 0.585. The van der Waals surface area contributed by atoms with Crippen LogP contribution in [0.15, 0.2) is 65.7 Å². The van der Waals surface area contributed by atoms with Crippen LogP contribution in [0, 0.1) is 6.92 Å². The van der Waals surface area contributed by atoms with Crippen LogP contribution in [0.5, 0.6) is 5.88 Å². The summed E-state index contributed by atoms with van der Waals surface area (Å²) in [6, 6.07) is 14.7. The average molecular weight is 441 g/mol. The number of aliphatic hydroxyl groups excluding tert-OH is 1. The number of amides is 1. The van der Waals surface area contributed by atoms with Gasteiger partial charge in [-0.05, 0) is 47.9 Å². The number of hydrogen-bond donors (Lipinski definition) is 2. The van der Waals surface area contributed by atoms with Gasteiger partial charge < -0.3 is 15.2 Å². The number of carbonyl (C=O) groups is 1. The van der Waals surface area contributed by atoms with Crippen LogP contribution in [0.2, 0.25) is 0 Å². The van der Waals surface area contributed by atoms with Gasteiger partial charge in [0.2, 0.25) is 5.88 Å². The SMILES string of the molecule is COc1ccc(C(CO)NC(=O)c2cc(-c3ccc(C)cc3)cc(S(C)(=O)=O)c2)cn1. The van der Waals surface area contributed by atoms with Gasteiger partial charge in [0.15, 0.2) is 9.84 Å². The Kier molecular flexibility index (Phi) is 6.72. The lowest BCUT2D eigenvalue weighted by atomic mass is 10.0. The molecule has 0 saturated carbocycles. The number of sulfone groups is 1. The van der Waals surface area contributed by atoms with Crippen molar-refractivity contribution in [2.75, 3.05) is 20.0 Å². The van der Waals surface area contributed by atoms with Gasteiger partial charge in [-0.15, -0.1) is 0 Å². The monoisotopic (exact) mass is 440 g/mol. The highest BCUT2D eigenvalue weighted by atomic mass is 32.2. The molecule has 0 aliphatic rings. The summed E-state index contributed by atoms with van der Waals surface area (Å²) in [5.74, 6) is -0.0934. The number of carbonyl (C=O) groups excluding carboxylic acids is 1.